The molecule has 0 heterocycles. The van der Waals surface area contributed by atoms with Crippen LogP contribution >= 0.6 is 0 Å². The molecule has 1 rings (SSSR count). The fourth-order valence-corrected chi connectivity index (χ4v) is 2.11. The molecular formula is C15H24N2O2. The summed E-state index contributed by atoms with van der Waals surface area (Å²) in [5, 5.41) is 3.19. The Kier molecular flexibility index (Phi) is 5.36. The Labute approximate surface area is 115 Å². The topological polar surface area (TPSA) is 41.6 Å². The van der Waals surface area contributed by atoms with Crippen LogP contribution in [0, 0.1) is 0 Å². The number of carbonyl (C=O) groups excluding carboxylic acids is 1. The SMILES string of the molecule is CCNC(C)(C)C(=O)N(C)Cc1cccc(OC)c1. The van der Waals surface area contributed by atoms with Crippen LogP contribution in [0.25, 0.3) is 0 Å². The molecule has 0 aromatic heterocycles. The van der Waals surface area contributed by atoms with Gasteiger partial charge in [-0.15, -0.1) is 0 Å². The van der Waals surface area contributed by atoms with E-state index < -0.39 is 5.54 Å². The Morgan fingerprint density at radius 2 is 2.11 bits per heavy atom. The second kappa shape index (κ2) is 6.57. The van der Waals surface area contributed by atoms with E-state index in [-0.39, 0.29) is 5.91 Å². The first kappa shape index (κ1) is 15.5. The molecule has 0 unspecified atom stereocenters. The van der Waals surface area contributed by atoms with Crippen LogP contribution in [-0.2, 0) is 11.3 Å². The highest BCUT2D eigenvalue weighted by molar-refractivity contribution is 5.85. The Bertz CT molecular complexity index is 430. The average molecular weight is 264 g/mol. The van der Waals surface area contributed by atoms with Crippen LogP contribution in [0.5, 0.6) is 5.75 Å². The van der Waals surface area contributed by atoms with E-state index in [0.29, 0.717) is 6.54 Å². The first-order valence-corrected chi connectivity index (χ1v) is 6.54. The van der Waals surface area contributed by atoms with Crippen molar-refractivity contribution < 1.29 is 9.53 Å². The fourth-order valence-electron chi connectivity index (χ4n) is 2.11. The van der Waals surface area contributed by atoms with Crippen molar-refractivity contribution in [2.24, 2.45) is 0 Å². The molecule has 0 radical (unpaired) electrons. The van der Waals surface area contributed by atoms with Gasteiger partial charge >= 0.3 is 0 Å². The largest absolute Gasteiger partial charge is 0.497 e. The average Bonchev–Trinajstić information content (AvgIpc) is 2.38. The molecule has 1 aromatic rings. The maximum Gasteiger partial charge on any atom is 0.242 e. The summed E-state index contributed by atoms with van der Waals surface area (Å²) in [5.74, 6) is 0.890. The Hall–Kier alpha value is -1.55. The number of likely N-dealkylation sites (N-methyl/N-ethyl adjacent to an activating group) is 2. The minimum absolute atomic E-state index is 0.0807. The summed E-state index contributed by atoms with van der Waals surface area (Å²) in [6.45, 7) is 7.15. The Balaban J connectivity index is 2.73. The van der Waals surface area contributed by atoms with Gasteiger partial charge < -0.3 is 15.0 Å². The van der Waals surface area contributed by atoms with Gasteiger partial charge in [0.1, 0.15) is 5.75 Å². The fraction of sp³-hybridized carbons (Fsp3) is 0.533. The summed E-state index contributed by atoms with van der Waals surface area (Å²) in [4.78, 5) is 14.1. The molecule has 0 saturated carbocycles. The second-order valence-electron chi connectivity index (χ2n) is 5.17. The molecule has 4 heteroatoms. The number of nitrogens with zero attached hydrogens (tertiary/aromatic N) is 1. The molecule has 1 aromatic carbocycles. The van der Waals surface area contributed by atoms with Gasteiger partial charge in [0.25, 0.3) is 0 Å². The lowest BCUT2D eigenvalue weighted by atomic mass is 10.0. The third-order valence-corrected chi connectivity index (χ3v) is 3.05. The van der Waals surface area contributed by atoms with Crippen LogP contribution in [0.2, 0.25) is 0 Å². The highest BCUT2D eigenvalue weighted by atomic mass is 16.5. The number of amides is 1. The number of methoxy groups -OCH3 is 1. The van der Waals surface area contributed by atoms with Crippen LogP contribution in [0.3, 0.4) is 0 Å². The molecule has 0 spiro atoms. The van der Waals surface area contributed by atoms with E-state index in [2.05, 4.69) is 5.32 Å². The number of ether oxygens (including phenoxy) is 1. The lowest BCUT2D eigenvalue weighted by Crippen LogP contribution is -2.52. The molecule has 4 nitrogen and oxygen atoms in total. The number of rotatable bonds is 6. The van der Waals surface area contributed by atoms with Crippen molar-refractivity contribution in [2.45, 2.75) is 32.9 Å². The smallest absolute Gasteiger partial charge is 0.242 e. The number of hydrogen-bond donors (Lipinski definition) is 1. The summed E-state index contributed by atoms with van der Waals surface area (Å²) in [7, 11) is 3.46. The predicted molar refractivity (Wildman–Crippen MR) is 77.2 cm³/mol. The zero-order chi connectivity index (χ0) is 14.5. The van der Waals surface area contributed by atoms with Crippen molar-refractivity contribution in [1.29, 1.82) is 0 Å². The summed E-state index contributed by atoms with van der Waals surface area (Å²) in [5.41, 5.74) is 0.519. The van der Waals surface area contributed by atoms with E-state index in [1.54, 1.807) is 12.0 Å². The van der Waals surface area contributed by atoms with E-state index in [9.17, 15) is 4.79 Å². The van der Waals surface area contributed by atoms with Crippen molar-refractivity contribution in [1.82, 2.24) is 10.2 Å². The molecule has 0 aliphatic heterocycles. The van der Waals surface area contributed by atoms with Gasteiger partial charge in [-0.2, -0.15) is 0 Å². The van der Waals surface area contributed by atoms with E-state index in [1.807, 2.05) is 52.1 Å². The first-order valence-electron chi connectivity index (χ1n) is 6.54. The summed E-state index contributed by atoms with van der Waals surface area (Å²) < 4.78 is 5.19. The molecule has 0 aliphatic carbocycles. The summed E-state index contributed by atoms with van der Waals surface area (Å²) in [6, 6.07) is 7.77. The van der Waals surface area contributed by atoms with Crippen LogP contribution in [0.4, 0.5) is 0 Å². The number of carbonyl (C=O) groups is 1. The van der Waals surface area contributed by atoms with Crippen molar-refractivity contribution in [3.8, 4) is 5.75 Å². The van der Waals surface area contributed by atoms with E-state index in [0.717, 1.165) is 17.9 Å². The highest BCUT2D eigenvalue weighted by Crippen LogP contribution is 2.15. The zero-order valence-corrected chi connectivity index (χ0v) is 12.5. The minimum atomic E-state index is -0.539. The number of nitrogens with one attached hydrogen (secondary N) is 1. The van der Waals surface area contributed by atoms with Crippen LogP contribution < -0.4 is 10.1 Å². The van der Waals surface area contributed by atoms with Crippen LogP contribution in [-0.4, -0.2) is 37.0 Å². The quantitative estimate of drug-likeness (QED) is 0.855. The van der Waals surface area contributed by atoms with E-state index >= 15 is 0 Å². The Morgan fingerprint density at radius 1 is 1.42 bits per heavy atom. The van der Waals surface area contributed by atoms with Gasteiger partial charge in [0, 0.05) is 13.6 Å². The molecule has 0 saturated heterocycles. The lowest BCUT2D eigenvalue weighted by molar-refractivity contribution is -0.136. The van der Waals surface area contributed by atoms with Gasteiger partial charge in [-0.3, -0.25) is 4.79 Å². The minimum Gasteiger partial charge on any atom is -0.497 e. The molecule has 0 fully saturated rings. The van der Waals surface area contributed by atoms with Crippen molar-refractivity contribution in [3.63, 3.8) is 0 Å². The van der Waals surface area contributed by atoms with Gasteiger partial charge in [0.05, 0.1) is 12.6 Å². The summed E-state index contributed by atoms with van der Waals surface area (Å²) in [6.07, 6.45) is 0. The van der Waals surface area contributed by atoms with Gasteiger partial charge in [0.2, 0.25) is 5.91 Å². The molecular weight excluding hydrogens is 240 g/mol. The lowest BCUT2D eigenvalue weighted by Gasteiger charge is -2.30. The molecule has 1 N–H and O–H groups in total. The summed E-state index contributed by atoms with van der Waals surface area (Å²) >= 11 is 0. The van der Waals surface area contributed by atoms with Crippen molar-refractivity contribution in [3.05, 3.63) is 29.8 Å². The maximum absolute atomic E-state index is 12.3. The van der Waals surface area contributed by atoms with Crippen molar-refractivity contribution in [2.75, 3.05) is 20.7 Å². The molecule has 19 heavy (non-hydrogen) atoms. The zero-order valence-electron chi connectivity index (χ0n) is 12.5. The molecule has 0 aliphatic rings. The molecule has 106 valence electrons. The van der Waals surface area contributed by atoms with Gasteiger partial charge in [-0.25, -0.2) is 0 Å². The normalized spacial score (nSPS) is 11.2. The first-order chi connectivity index (χ1) is 8.90. The Morgan fingerprint density at radius 3 is 2.68 bits per heavy atom. The van der Waals surface area contributed by atoms with E-state index in [4.69, 9.17) is 4.74 Å². The maximum atomic E-state index is 12.3. The van der Waals surface area contributed by atoms with Crippen LogP contribution in [0.1, 0.15) is 26.3 Å². The predicted octanol–water partition coefficient (Wildman–Crippen LogP) is 2.04. The van der Waals surface area contributed by atoms with Gasteiger partial charge in [0.15, 0.2) is 0 Å². The number of hydrogen-bond acceptors (Lipinski definition) is 3. The van der Waals surface area contributed by atoms with E-state index in [1.165, 1.54) is 0 Å². The molecule has 0 atom stereocenters. The van der Waals surface area contributed by atoms with Gasteiger partial charge in [-0.05, 0) is 38.1 Å². The third kappa shape index (κ3) is 4.24. The van der Waals surface area contributed by atoms with Crippen molar-refractivity contribution >= 4 is 5.91 Å². The number of benzene rings is 1. The third-order valence-electron chi connectivity index (χ3n) is 3.05. The highest BCUT2D eigenvalue weighted by Gasteiger charge is 2.29. The monoisotopic (exact) mass is 264 g/mol. The standard InChI is InChI=1S/C15H24N2O2/c1-6-16-15(2,3)14(18)17(4)11-12-8-7-9-13(10-12)19-5/h7-10,16H,6,11H2,1-5H3. The molecule has 1 amide bonds. The molecule has 0 bridgehead atoms. The van der Waals surface area contributed by atoms with Crippen LogP contribution in [0.15, 0.2) is 24.3 Å². The second-order valence-corrected chi connectivity index (χ2v) is 5.17. The van der Waals surface area contributed by atoms with Gasteiger partial charge in [-0.1, -0.05) is 19.1 Å².